The number of aliphatic hydroxyl groups is 2. The SMILES string of the molecule is CC=Cc1cccc(C(O)O)c1. The van der Waals surface area contributed by atoms with Gasteiger partial charge in [0.15, 0.2) is 6.29 Å². The van der Waals surface area contributed by atoms with Gasteiger partial charge in [-0.15, -0.1) is 0 Å². The minimum atomic E-state index is -1.38. The van der Waals surface area contributed by atoms with Crippen molar-refractivity contribution in [2.24, 2.45) is 0 Å². The topological polar surface area (TPSA) is 40.5 Å². The zero-order chi connectivity index (χ0) is 8.97. The van der Waals surface area contributed by atoms with Crippen LogP contribution in [0.15, 0.2) is 30.3 Å². The fourth-order valence-electron chi connectivity index (χ4n) is 1.02. The van der Waals surface area contributed by atoms with E-state index in [9.17, 15) is 0 Å². The van der Waals surface area contributed by atoms with Gasteiger partial charge in [0, 0.05) is 5.56 Å². The van der Waals surface area contributed by atoms with Gasteiger partial charge in [-0.05, 0) is 18.6 Å². The van der Waals surface area contributed by atoms with Gasteiger partial charge in [0.25, 0.3) is 0 Å². The van der Waals surface area contributed by atoms with E-state index in [4.69, 9.17) is 10.2 Å². The molecule has 0 bridgehead atoms. The zero-order valence-electron chi connectivity index (χ0n) is 6.94. The van der Waals surface area contributed by atoms with E-state index in [1.165, 1.54) is 0 Å². The second-order valence-electron chi connectivity index (χ2n) is 2.54. The maximum Gasteiger partial charge on any atom is 0.178 e. The lowest BCUT2D eigenvalue weighted by molar-refractivity contribution is -0.0424. The molecule has 0 heterocycles. The first-order valence-electron chi connectivity index (χ1n) is 3.83. The summed E-state index contributed by atoms with van der Waals surface area (Å²) in [4.78, 5) is 0. The van der Waals surface area contributed by atoms with Crippen LogP contribution in [0.5, 0.6) is 0 Å². The van der Waals surface area contributed by atoms with Crippen molar-refractivity contribution in [3.05, 3.63) is 41.5 Å². The highest BCUT2D eigenvalue weighted by molar-refractivity contribution is 5.49. The van der Waals surface area contributed by atoms with Gasteiger partial charge in [-0.2, -0.15) is 0 Å². The van der Waals surface area contributed by atoms with Crippen LogP contribution in [0.2, 0.25) is 0 Å². The number of aliphatic hydroxyl groups excluding tert-OH is 1. The summed E-state index contributed by atoms with van der Waals surface area (Å²) in [5.74, 6) is 0. The standard InChI is InChI=1S/C10H12O2/c1-2-4-8-5-3-6-9(7-8)10(11)12/h2-7,10-12H,1H3. The highest BCUT2D eigenvalue weighted by Gasteiger charge is 2.00. The van der Waals surface area contributed by atoms with Gasteiger partial charge >= 0.3 is 0 Å². The molecular weight excluding hydrogens is 152 g/mol. The van der Waals surface area contributed by atoms with Crippen LogP contribution in [0, 0.1) is 0 Å². The molecule has 0 saturated carbocycles. The van der Waals surface area contributed by atoms with E-state index >= 15 is 0 Å². The summed E-state index contributed by atoms with van der Waals surface area (Å²) in [7, 11) is 0. The fraction of sp³-hybridized carbons (Fsp3) is 0.200. The molecule has 1 rings (SSSR count). The van der Waals surface area contributed by atoms with Crippen LogP contribution in [0.3, 0.4) is 0 Å². The lowest BCUT2D eigenvalue weighted by Gasteiger charge is -2.03. The van der Waals surface area contributed by atoms with Crippen molar-refractivity contribution in [2.75, 3.05) is 0 Å². The van der Waals surface area contributed by atoms with Gasteiger partial charge in [-0.3, -0.25) is 0 Å². The van der Waals surface area contributed by atoms with Crippen molar-refractivity contribution < 1.29 is 10.2 Å². The third-order valence-corrected chi connectivity index (χ3v) is 1.57. The third-order valence-electron chi connectivity index (χ3n) is 1.57. The summed E-state index contributed by atoms with van der Waals surface area (Å²) in [6.07, 6.45) is 2.43. The van der Waals surface area contributed by atoms with Crippen molar-refractivity contribution in [3.8, 4) is 0 Å². The Morgan fingerprint density at radius 3 is 2.67 bits per heavy atom. The average Bonchev–Trinajstić information content (AvgIpc) is 2.05. The molecule has 0 unspecified atom stereocenters. The highest BCUT2D eigenvalue weighted by Crippen LogP contribution is 2.12. The molecule has 1 aromatic rings. The Balaban J connectivity index is 2.95. The summed E-state index contributed by atoms with van der Waals surface area (Å²) in [6.45, 7) is 1.92. The normalized spacial score (nSPS) is 11.3. The number of allylic oxidation sites excluding steroid dienone is 1. The summed E-state index contributed by atoms with van der Waals surface area (Å²) in [5.41, 5.74) is 1.49. The van der Waals surface area contributed by atoms with E-state index in [-0.39, 0.29) is 0 Å². The number of rotatable bonds is 2. The van der Waals surface area contributed by atoms with Gasteiger partial charge in [-0.1, -0.05) is 30.4 Å². The van der Waals surface area contributed by atoms with E-state index < -0.39 is 6.29 Å². The van der Waals surface area contributed by atoms with Crippen LogP contribution < -0.4 is 0 Å². The lowest BCUT2D eigenvalue weighted by Crippen LogP contribution is -1.94. The van der Waals surface area contributed by atoms with Crippen LogP contribution in [0.25, 0.3) is 6.08 Å². The lowest BCUT2D eigenvalue weighted by atomic mass is 10.1. The summed E-state index contributed by atoms with van der Waals surface area (Å²) in [6, 6.07) is 7.12. The Morgan fingerprint density at radius 2 is 2.08 bits per heavy atom. The zero-order valence-corrected chi connectivity index (χ0v) is 6.94. The Labute approximate surface area is 71.8 Å². The minimum Gasteiger partial charge on any atom is -0.364 e. The number of benzene rings is 1. The summed E-state index contributed by atoms with van der Waals surface area (Å²) < 4.78 is 0. The van der Waals surface area contributed by atoms with Crippen LogP contribution in [-0.4, -0.2) is 10.2 Å². The minimum absolute atomic E-state index is 0.519. The molecule has 0 aliphatic heterocycles. The molecule has 0 aliphatic carbocycles. The maximum atomic E-state index is 8.85. The Morgan fingerprint density at radius 1 is 1.33 bits per heavy atom. The molecule has 1 aromatic carbocycles. The van der Waals surface area contributed by atoms with Crippen molar-refractivity contribution in [2.45, 2.75) is 13.2 Å². The predicted octanol–water partition coefficient (Wildman–Crippen LogP) is 1.70. The van der Waals surface area contributed by atoms with E-state index in [1.54, 1.807) is 18.2 Å². The van der Waals surface area contributed by atoms with Crippen LogP contribution in [0.4, 0.5) is 0 Å². The molecule has 0 fully saturated rings. The molecule has 0 amide bonds. The Kier molecular flexibility index (Phi) is 3.02. The molecule has 2 heteroatoms. The molecule has 2 N–H and O–H groups in total. The molecule has 12 heavy (non-hydrogen) atoms. The fourth-order valence-corrected chi connectivity index (χ4v) is 1.02. The molecule has 0 spiro atoms. The van der Waals surface area contributed by atoms with E-state index in [2.05, 4.69) is 0 Å². The quantitative estimate of drug-likeness (QED) is 0.653. The highest BCUT2D eigenvalue weighted by atomic mass is 16.5. The molecule has 0 radical (unpaired) electrons. The molecule has 0 aromatic heterocycles. The average molecular weight is 164 g/mol. The maximum absolute atomic E-state index is 8.85. The molecular formula is C10H12O2. The molecule has 0 aliphatic rings. The predicted molar refractivity (Wildman–Crippen MR) is 48.3 cm³/mol. The van der Waals surface area contributed by atoms with Crippen LogP contribution in [-0.2, 0) is 0 Å². The van der Waals surface area contributed by atoms with E-state index in [0.29, 0.717) is 5.56 Å². The third kappa shape index (κ3) is 2.19. The first-order chi connectivity index (χ1) is 5.74. The van der Waals surface area contributed by atoms with Crippen LogP contribution in [0.1, 0.15) is 24.3 Å². The monoisotopic (exact) mass is 164 g/mol. The second-order valence-corrected chi connectivity index (χ2v) is 2.54. The van der Waals surface area contributed by atoms with Crippen molar-refractivity contribution in [3.63, 3.8) is 0 Å². The smallest absolute Gasteiger partial charge is 0.178 e. The molecule has 0 atom stereocenters. The number of hydrogen-bond acceptors (Lipinski definition) is 2. The largest absolute Gasteiger partial charge is 0.364 e. The van der Waals surface area contributed by atoms with Gasteiger partial charge in [-0.25, -0.2) is 0 Å². The molecule has 64 valence electrons. The van der Waals surface area contributed by atoms with Crippen molar-refractivity contribution in [1.29, 1.82) is 0 Å². The van der Waals surface area contributed by atoms with E-state index in [1.807, 2.05) is 25.1 Å². The first-order valence-corrected chi connectivity index (χ1v) is 3.83. The summed E-state index contributed by atoms with van der Waals surface area (Å²) >= 11 is 0. The Hall–Kier alpha value is -1.12. The van der Waals surface area contributed by atoms with E-state index in [0.717, 1.165) is 5.56 Å². The molecule has 0 saturated heterocycles. The van der Waals surface area contributed by atoms with Crippen molar-refractivity contribution >= 4 is 6.08 Å². The van der Waals surface area contributed by atoms with Gasteiger partial charge in [0.2, 0.25) is 0 Å². The summed E-state index contributed by atoms with van der Waals surface area (Å²) in [5, 5.41) is 17.7. The molecule has 2 nitrogen and oxygen atoms in total. The van der Waals surface area contributed by atoms with Gasteiger partial charge < -0.3 is 10.2 Å². The van der Waals surface area contributed by atoms with Gasteiger partial charge in [0.05, 0.1) is 0 Å². The van der Waals surface area contributed by atoms with Gasteiger partial charge in [0.1, 0.15) is 0 Å². The Bertz CT molecular complexity index is 277. The first kappa shape index (κ1) is 8.97. The van der Waals surface area contributed by atoms with Crippen LogP contribution >= 0.6 is 0 Å². The number of hydrogen-bond donors (Lipinski definition) is 2. The second kappa shape index (κ2) is 4.04. The van der Waals surface area contributed by atoms with Crippen molar-refractivity contribution in [1.82, 2.24) is 0 Å².